The van der Waals surface area contributed by atoms with Gasteiger partial charge in [0.25, 0.3) is 0 Å². The molecule has 5 heteroatoms. The molecule has 0 spiro atoms. The first-order valence-corrected chi connectivity index (χ1v) is 9.52. The molecule has 2 aliphatic rings. The van der Waals surface area contributed by atoms with E-state index >= 15 is 0 Å². The van der Waals surface area contributed by atoms with E-state index in [-0.39, 0.29) is 0 Å². The highest BCUT2D eigenvalue weighted by molar-refractivity contribution is 9.13. The minimum absolute atomic E-state index is 0.812. The molecule has 3 rings (SSSR count). The van der Waals surface area contributed by atoms with Gasteiger partial charge in [-0.3, -0.25) is 4.90 Å². The second-order valence-corrected chi connectivity index (χ2v) is 8.96. The van der Waals surface area contributed by atoms with Crippen LogP contribution in [-0.4, -0.2) is 30.6 Å². The van der Waals surface area contributed by atoms with Crippen LogP contribution in [0.5, 0.6) is 0 Å². The van der Waals surface area contributed by atoms with Crippen molar-refractivity contribution in [3.8, 4) is 0 Å². The standard InChI is InChI=1S/C14H20Br2N2S/c15-12-8-11(19-14(12)16)9-18-6-3-10(4-7-18)13-2-1-5-17-13/h8,10,13,17H,1-7,9H2. The third kappa shape index (κ3) is 3.62. The highest BCUT2D eigenvalue weighted by Crippen LogP contribution is 2.34. The summed E-state index contributed by atoms with van der Waals surface area (Å²) in [6.45, 7) is 4.87. The molecule has 0 saturated carbocycles. The van der Waals surface area contributed by atoms with Gasteiger partial charge in [-0.05, 0) is 89.2 Å². The van der Waals surface area contributed by atoms with E-state index in [2.05, 4.69) is 48.1 Å². The topological polar surface area (TPSA) is 15.3 Å². The van der Waals surface area contributed by atoms with Crippen LogP contribution in [0.15, 0.2) is 14.3 Å². The van der Waals surface area contributed by atoms with Crippen LogP contribution in [0.25, 0.3) is 0 Å². The molecule has 19 heavy (non-hydrogen) atoms. The summed E-state index contributed by atoms with van der Waals surface area (Å²) in [4.78, 5) is 4.06. The Balaban J connectivity index is 1.49. The average Bonchev–Trinajstić information content (AvgIpc) is 3.02. The van der Waals surface area contributed by atoms with Gasteiger partial charge in [-0.1, -0.05) is 0 Å². The summed E-state index contributed by atoms with van der Waals surface area (Å²) in [6, 6.07) is 3.06. The summed E-state index contributed by atoms with van der Waals surface area (Å²) in [7, 11) is 0. The third-order valence-electron chi connectivity index (χ3n) is 4.38. The fraction of sp³-hybridized carbons (Fsp3) is 0.714. The molecule has 106 valence electrons. The zero-order valence-corrected chi connectivity index (χ0v) is 15.0. The van der Waals surface area contributed by atoms with Crippen molar-refractivity contribution in [1.82, 2.24) is 10.2 Å². The van der Waals surface area contributed by atoms with Crippen LogP contribution in [0.4, 0.5) is 0 Å². The maximum absolute atomic E-state index is 3.67. The van der Waals surface area contributed by atoms with Gasteiger partial charge in [-0.25, -0.2) is 0 Å². The van der Waals surface area contributed by atoms with Gasteiger partial charge in [0.2, 0.25) is 0 Å². The van der Waals surface area contributed by atoms with Crippen molar-refractivity contribution in [2.24, 2.45) is 5.92 Å². The van der Waals surface area contributed by atoms with Gasteiger partial charge in [-0.15, -0.1) is 11.3 Å². The SMILES string of the molecule is Brc1cc(CN2CCC(C3CCCN3)CC2)sc1Br. The lowest BCUT2D eigenvalue weighted by Crippen LogP contribution is -2.40. The highest BCUT2D eigenvalue weighted by atomic mass is 79.9. The highest BCUT2D eigenvalue weighted by Gasteiger charge is 2.28. The molecule has 1 N–H and O–H groups in total. The first kappa shape index (κ1) is 14.5. The number of rotatable bonds is 3. The van der Waals surface area contributed by atoms with Gasteiger partial charge in [0.1, 0.15) is 0 Å². The minimum Gasteiger partial charge on any atom is -0.314 e. The van der Waals surface area contributed by atoms with Gasteiger partial charge < -0.3 is 5.32 Å². The first-order valence-electron chi connectivity index (χ1n) is 7.12. The van der Waals surface area contributed by atoms with Gasteiger partial charge in [0, 0.05) is 21.9 Å². The van der Waals surface area contributed by atoms with Crippen molar-refractivity contribution >= 4 is 43.2 Å². The number of halogens is 2. The molecule has 0 aliphatic carbocycles. The number of hydrogen-bond acceptors (Lipinski definition) is 3. The van der Waals surface area contributed by atoms with E-state index in [1.54, 1.807) is 0 Å². The molecule has 1 unspecified atom stereocenters. The van der Waals surface area contributed by atoms with Gasteiger partial charge in [0.05, 0.1) is 3.79 Å². The minimum atomic E-state index is 0.812. The molecule has 3 heterocycles. The maximum atomic E-state index is 3.67. The van der Waals surface area contributed by atoms with E-state index in [1.165, 1.54) is 58.5 Å². The molecule has 0 bridgehead atoms. The van der Waals surface area contributed by atoms with Crippen molar-refractivity contribution < 1.29 is 0 Å². The molecular formula is C14H20Br2N2S. The van der Waals surface area contributed by atoms with E-state index in [1.807, 2.05) is 11.3 Å². The number of thiophene rings is 1. The Hall–Kier alpha value is 0.580. The van der Waals surface area contributed by atoms with Gasteiger partial charge in [-0.2, -0.15) is 0 Å². The molecule has 0 amide bonds. The maximum Gasteiger partial charge on any atom is 0.0843 e. The Morgan fingerprint density at radius 1 is 1.26 bits per heavy atom. The predicted molar refractivity (Wildman–Crippen MR) is 88.7 cm³/mol. The lowest BCUT2D eigenvalue weighted by Gasteiger charge is -2.34. The van der Waals surface area contributed by atoms with Crippen LogP contribution in [0.3, 0.4) is 0 Å². The summed E-state index contributed by atoms with van der Waals surface area (Å²) < 4.78 is 2.41. The Morgan fingerprint density at radius 2 is 2.05 bits per heavy atom. The second-order valence-electron chi connectivity index (χ2n) is 5.65. The summed E-state index contributed by atoms with van der Waals surface area (Å²) in [5, 5.41) is 3.67. The number of likely N-dealkylation sites (tertiary alicyclic amines) is 1. The number of hydrogen-bond donors (Lipinski definition) is 1. The molecule has 1 aromatic heterocycles. The van der Waals surface area contributed by atoms with Crippen molar-refractivity contribution in [1.29, 1.82) is 0 Å². The molecule has 2 nitrogen and oxygen atoms in total. The molecule has 0 radical (unpaired) electrons. The fourth-order valence-electron chi connectivity index (χ4n) is 3.32. The largest absolute Gasteiger partial charge is 0.314 e. The van der Waals surface area contributed by atoms with E-state index in [0.717, 1.165) is 18.5 Å². The zero-order valence-electron chi connectivity index (χ0n) is 11.0. The van der Waals surface area contributed by atoms with Crippen LogP contribution >= 0.6 is 43.2 Å². The zero-order chi connectivity index (χ0) is 13.2. The average molecular weight is 408 g/mol. The van der Waals surface area contributed by atoms with Crippen LogP contribution in [-0.2, 0) is 6.54 Å². The number of piperidine rings is 1. The summed E-state index contributed by atoms with van der Waals surface area (Å²) in [6.07, 6.45) is 5.51. The number of nitrogens with one attached hydrogen (secondary N) is 1. The monoisotopic (exact) mass is 406 g/mol. The Labute approximate surface area is 136 Å². The van der Waals surface area contributed by atoms with Crippen molar-refractivity contribution in [3.63, 3.8) is 0 Å². The lowest BCUT2D eigenvalue weighted by atomic mass is 9.88. The van der Waals surface area contributed by atoms with E-state index in [9.17, 15) is 0 Å². The molecule has 2 saturated heterocycles. The molecule has 1 atom stereocenters. The van der Waals surface area contributed by atoms with Crippen LogP contribution < -0.4 is 5.32 Å². The van der Waals surface area contributed by atoms with Crippen LogP contribution in [0.2, 0.25) is 0 Å². The molecular weight excluding hydrogens is 388 g/mol. The van der Waals surface area contributed by atoms with E-state index < -0.39 is 0 Å². The van der Waals surface area contributed by atoms with E-state index in [0.29, 0.717) is 0 Å². The van der Waals surface area contributed by atoms with Gasteiger partial charge in [0.15, 0.2) is 0 Å². The normalized spacial score (nSPS) is 26.1. The summed E-state index contributed by atoms with van der Waals surface area (Å²) in [5.41, 5.74) is 0. The Kier molecular flexibility index (Phi) is 5.01. The molecule has 2 fully saturated rings. The van der Waals surface area contributed by atoms with Crippen LogP contribution in [0.1, 0.15) is 30.6 Å². The van der Waals surface area contributed by atoms with Crippen LogP contribution in [0, 0.1) is 5.92 Å². The van der Waals surface area contributed by atoms with E-state index in [4.69, 9.17) is 0 Å². The van der Waals surface area contributed by atoms with Crippen molar-refractivity contribution in [2.75, 3.05) is 19.6 Å². The molecule has 2 aliphatic heterocycles. The number of nitrogens with zero attached hydrogens (tertiary/aromatic N) is 1. The Bertz CT molecular complexity index is 402. The lowest BCUT2D eigenvalue weighted by molar-refractivity contribution is 0.158. The first-order chi connectivity index (χ1) is 9.22. The fourth-order valence-corrected chi connectivity index (χ4v) is 5.54. The second kappa shape index (κ2) is 6.56. The third-order valence-corrected chi connectivity index (χ3v) is 7.62. The predicted octanol–water partition coefficient (Wildman–Crippen LogP) is 4.24. The summed E-state index contributed by atoms with van der Waals surface area (Å²) in [5.74, 6) is 0.917. The summed E-state index contributed by atoms with van der Waals surface area (Å²) >= 11 is 9.00. The Morgan fingerprint density at radius 3 is 2.63 bits per heavy atom. The van der Waals surface area contributed by atoms with Crippen molar-refractivity contribution in [2.45, 2.75) is 38.3 Å². The van der Waals surface area contributed by atoms with Crippen molar-refractivity contribution in [3.05, 3.63) is 19.2 Å². The molecule has 0 aromatic carbocycles. The molecule has 1 aromatic rings. The smallest absolute Gasteiger partial charge is 0.0843 e. The quantitative estimate of drug-likeness (QED) is 0.805. The van der Waals surface area contributed by atoms with Gasteiger partial charge >= 0.3 is 0 Å².